The van der Waals surface area contributed by atoms with E-state index in [0.29, 0.717) is 30.9 Å². The number of hydrogen-bond donors (Lipinski definition) is 2. The third kappa shape index (κ3) is 7.71. The lowest BCUT2D eigenvalue weighted by molar-refractivity contribution is -0.116. The lowest BCUT2D eigenvalue weighted by atomic mass is 10.1. The quantitative estimate of drug-likeness (QED) is 0.615. The number of benzene rings is 1. The molecule has 2 rings (SSSR count). The van der Waals surface area contributed by atoms with Crippen LogP contribution in [0, 0.1) is 0 Å². The minimum Gasteiger partial charge on any atom is -0.326 e. The van der Waals surface area contributed by atoms with Crippen LogP contribution in [0.3, 0.4) is 0 Å². The van der Waals surface area contributed by atoms with Gasteiger partial charge in [0, 0.05) is 25.1 Å². The summed E-state index contributed by atoms with van der Waals surface area (Å²) >= 11 is 0. The topological polar surface area (TPSA) is 87.6 Å². The molecule has 0 atom stereocenters. The second-order valence-electron chi connectivity index (χ2n) is 6.98. The van der Waals surface area contributed by atoms with E-state index in [1.165, 1.54) is 25.0 Å². The van der Waals surface area contributed by atoms with Crippen molar-refractivity contribution >= 4 is 27.5 Å². The number of nitrogens with one attached hydrogen (secondary N) is 2. The predicted octanol–water partition coefficient (Wildman–Crippen LogP) is 4.24. The van der Waals surface area contributed by atoms with Crippen molar-refractivity contribution < 1.29 is 13.2 Å². The standard InChI is InChI=1S/C20H31N3O3S/c1-2-3-4-5-8-11-20(24)22-17-12-14-18(15-13-17)27(25,26)23-19-10-7-6-9-16-21-19/h12-15H,2-11,16H2,1H3,(H,21,23)(H,22,24). The second kappa shape index (κ2) is 11.1. The van der Waals surface area contributed by atoms with E-state index >= 15 is 0 Å². The number of unbranched alkanes of at least 4 members (excludes halogenated alkanes) is 4. The molecular formula is C20H31N3O3S. The van der Waals surface area contributed by atoms with E-state index in [4.69, 9.17) is 0 Å². The van der Waals surface area contributed by atoms with Gasteiger partial charge >= 0.3 is 0 Å². The van der Waals surface area contributed by atoms with E-state index in [0.717, 1.165) is 38.5 Å². The molecule has 0 unspecified atom stereocenters. The Bertz CT molecular complexity index is 727. The van der Waals surface area contributed by atoms with Crippen molar-refractivity contribution in [3.8, 4) is 0 Å². The van der Waals surface area contributed by atoms with Crippen LogP contribution in [0.4, 0.5) is 5.69 Å². The molecule has 0 aromatic heterocycles. The number of rotatable bonds is 9. The van der Waals surface area contributed by atoms with Gasteiger partial charge in [-0.05, 0) is 43.5 Å². The molecule has 0 spiro atoms. The Hall–Kier alpha value is -1.89. The molecule has 0 aliphatic carbocycles. The van der Waals surface area contributed by atoms with Crippen molar-refractivity contribution in [2.24, 2.45) is 4.99 Å². The van der Waals surface area contributed by atoms with Gasteiger partial charge in [0.05, 0.1) is 4.90 Å². The van der Waals surface area contributed by atoms with Crippen molar-refractivity contribution in [3.05, 3.63) is 24.3 Å². The highest BCUT2D eigenvalue weighted by molar-refractivity contribution is 7.90. The maximum absolute atomic E-state index is 12.5. The molecule has 1 aromatic rings. The van der Waals surface area contributed by atoms with E-state index in [2.05, 4.69) is 22.0 Å². The SMILES string of the molecule is CCCCCCCC(=O)Nc1ccc(S(=O)(=O)NC2=NCCCCC2)cc1. The first-order valence-corrected chi connectivity index (χ1v) is 11.5. The molecule has 1 aromatic carbocycles. The molecule has 1 amide bonds. The minimum absolute atomic E-state index is 0.0342. The summed E-state index contributed by atoms with van der Waals surface area (Å²) in [5.41, 5.74) is 0.610. The first-order valence-electron chi connectivity index (χ1n) is 9.97. The highest BCUT2D eigenvalue weighted by Gasteiger charge is 2.17. The normalized spacial score (nSPS) is 14.9. The number of anilines is 1. The lowest BCUT2D eigenvalue weighted by Crippen LogP contribution is -2.30. The largest absolute Gasteiger partial charge is 0.326 e. The van der Waals surface area contributed by atoms with Crippen LogP contribution >= 0.6 is 0 Å². The van der Waals surface area contributed by atoms with Crippen LogP contribution in [0.25, 0.3) is 0 Å². The van der Waals surface area contributed by atoms with Gasteiger partial charge in [0.15, 0.2) is 0 Å². The smallest absolute Gasteiger partial charge is 0.262 e. The Morgan fingerprint density at radius 2 is 1.78 bits per heavy atom. The van der Waals surface area contributed by atoms with Gasteiger partial charge in [0.2, 0.25) is 5.91 Å². The molecule has 7 heteroatoms. The van der Waals surface area contributed by atoms with Crippen molar-refractivity contribution in [3.63, 3.8) is 0 Å². The van der Waals surface area contributed by atoms with Gasteiger partial charge in [-0.3, -0.25) is 14.5 Å². The average Bonchev–Trinajstić information content (AvgIpc) is 2.90. The summed E-state index contributed by atoms with van der Waals surface area (Å²) in [6.07, 6.45) is 9.66. The highest BCUT2D eigenvalue weighted by Crippen LogP contribution is 2.16. The van der Waals surface area contributed by atoms with Gasteiger partial charge in [-0.2, -0.15) is 0 Å². The molecule has 1 heterocycles. The van der Waals surface area contributed by atoms with Crippen molar-refractivity contribution in [1.82, 2.24) is 4.72 Å². The Morgan fingerprint density at radius 3 is 2.52 bits per heavy atom. The summed E-state index contributed by atoms with van der Waals surface area (Å²) in [6, 6.07) is 6.27. The number of sulfonamides is 1. The van der Waals surface area contributed by atoms with Gasteiger partial charge in [0.1, 0.15) is 5.84 Å². The maximum Gasteiger partial charge on any atom is 0.262 e. The van der Waals surface area contributed by atoms with Crippen LogP contribution < -0.4 is 10.0 Å². The van der Waals surface area contributed by atoms with Gasteiger partial charge in [-0.25, -0.2) is 8.42 Å². The van der Waals surface area contributed by atoms with Crippen LogP contribution in [0.2, 0.25) is 0 Å². The van der Waals surface area contributed by atoms with Crippen LogP contribution in [-0.2, 0) is 14.8 Å². The van der Waals surface area contributed by atoms with Crippen molar-refractivity contribution in [1.29, 1.82) is 0 Å². The first kappa shape index (κ1) is 21.4. The molecule has 1 aliphatic heterocycles. The summed E-state index contributed by atoms with van der Waals surface area (Å²) in [7, 11) is -3.64. The van der Waals surface area contributed by atoms with E-state index in [1.54, 1.807) is 12.1 Å². The number of amidine groups is 1. The number of carbonyl (C=O) groups is 1. The fourth-order valence-electron chi connectivity index (χ4n) is 3.00. The maximum atomic E-state index is 12.5. The first-order chi connectivity index (χ1) is 13.0. The fourth-order valence-corrected chi connectivity index (χ4v) is 4.09. The Labute approximate surface area is 162 Å². The highest BCUT2D eigenvalue weighted by atomic mass is 32.2. The molecule has 0 saturated carbocycles. The van der Waals surface area contributed by atoms with Crippen molar-refractivity contribution in [2.45, 2.75) is 76.0 Å². The minimum atomic E-state index is -3.64. The zero-order valence-corrected chi connectivity index (χ0v) is 17.0. The number of carbonyl (C=O) groups excluding carboxylic acids is 1. The average molecular weight is 394 g/mol. The van der Waals surface area contributed by atoms with Gasteiger partial charge in [-0.15, -0.1) is 0 Å². The monoisotopic (exact) mass is 393 g/mol. The summed E-state index contributed by atoms with van der Waals surface area (Å²) in [6.45, 7) is 2.83. The summed E-state index contributed by atoms with van der Waals surface area (Å²) < 4.78 is 27.6. The van der Waals surface area contributed by atoms with Gasteiger partial charge in [-0.1, -0.05) is 39.0 Å². The number of nitrogens with zero attached hydrogens (tertiary/aromatic N) is 1. The third-order valence-corrected chi connectivity index (χ3v) is 5.98. The summed E-state index contributed by atoms with van der Waals surface area (Å²) in [4.78, 5) is 16.4. The van der Waals surface area contributed by atoms with Gasteiger partial charge in [0.25, 0.3) is 10.0 Å². The zero-order valence-electron chi connectivity index (χ0n) is 16.2. The van der Waals surface area contributed by atoms with Gasteiger partial charge < -0.3 is 5.32 Å². The Morgan fingerprint density at radius 1 is 1.04 bits per heavy atom. The molecule has 6 nitrogen and oxygen atoms in total. The molecule has 0 radical (unpaired) electrons. The molecule has 0 fully saturated rings. The summed E-state index contributed by atoms with van der Waals surface area (Å²) in [5, 5.41) is 2.82. The molecular weight excluding hydrogens is 362 g/mol. The number of amides is 1. The van der Waals surface area contributed by atoms with E-state index in [1.807, 2.05) is 0 Å². The van der Waals surface area contributed by atoms with Crippen LogP contribution in [0.15, 0.2) is 34.2 Å². The molecule has 0 bridgehead atoms. The summed E-state index contributed by atoms with van der Waals surface area (Å²) in [5.74, 6) is 0.501. The number of hydrogen-bond acceptors (Lipinski definition) is 4. The van der Waals surface area contributed by atoms with E-state index in [9.17, 15) is 13.2 Å². The second-order valence-corrected chi connectivity index (χ2v) is 8.66. The third-order valence-electron chi connectivity index (χ3n) is 4.58. The van der Waals surface area contributed by atoms with Crippen molar-refractivity contribution in [2.75, 3.05) is 11.9 Å². The molecule has 150 valence electrons. The van der Waals surface area contributed by atoms with E-state index < -0.39 is 10.0 Å². The predicted molar refractivity (Wildman–Crippen MR) is 110 cm³/mol. The zero-order chi connectivity index (χ0) is 19.5. The molecule has 2 N–H and O–H groups in total. The Kier molecular flexibility index (Phi) is 8.78. The van der Waals surface area contributed by atoms with Crippen LogP contribution in [-0.4, -0.2) is 26.7 Å². The number of aliphatic imine (C=N–C) groups is 1. The lowest BCUT2D eigenvalue weighted by Gasteiger charge is -2.10. The molecule has 27 heavy (non-hydrogen) atoms. The molecule has 1 aliphatic rings. The fraction of sp³-hybridized carbons (Fsp3) is 0.600. The van der Waals surface area contributed by atoms with E-state index in [-0.39, 0.29) is 10.8 Å². The Balaban J connectivity index is 1.86. The molecule has 0 saturated heterocycles. The van der Waals surface area contributed by atoms with Crippen LogP contribution in [0.5, 0.6) is 0 Å². The van der Waals surface area contributed by atoms with Crippen LogP contribution in [0.1, 0.15) is 71.1 Å².